The molecule has 120 valence electrons. The number of benzene rings is 2. The first-order valence-corrected chi connectivity index (χ1v) is 7.10. The molecule has 0 radical (unpaired) electrons. The minimum Gasteiger partial charge on any atom is -0.395 e. The highest BCUT2D eigenvalue weighted by atomic mass is 16.6. The number of nitro benzene ring substituents is 1. The fraction of sp³-hybridized carbons (Fsp3) is 0.250. The van der Waals surface area contributed by atoms with Gasteiger partial charge in [0.15, 0.2) is 0 Å². The van der Waals surface area contributed by atoms with Gasteiger partial charge in [0.2, 0.25) is 0 Å². The van der Waals surface area contributed by atoms with E-state index in [9.17, 15) is 10.1 Å². The largest absolute Gasteiger partial charge is 0.395 e. The van der Waals surface area contributed by atoms with E-state index in [0.29, 0.717) is 23.5 Å². The van der Waals surface area contributed by atoms with Gasteiger partial charge in [-0.05, 0) is 42.8 Å². The lowest BCUT2D eigenvalue weighted by Crippen LogP contribution is -2.20. The van der Waals surface area contributed by atoms with Crippen LogP contribution in [-0.2, 0) is 0 Å². The van der Waals surface area contributed by atoms with Crippen LogP contribution >= 0.6 is 0 Å². The lowest BCUT2D eigenvalue weighted by Gasteiger charge is -2.17. The number of hydrogen-bond acceptors (Lipinski definition) is 6. The predicted octanol–water partition coefficient (Wildman–Crippen LogP) is 3.75. The van der Waals surface area contributed by atoms with Gasteiger partial charge in [0.25, 0.3) is 5.69 Å². The molecule has 0 amide bonds. The molecular formula is C16H18N4O3. The number of aliphatic hydroxyl groups excluding tert-OH is 1. The molecule has 0 saturated heterocycles. The second kappa shape index (κ2) is 7.46. The normalized spacial score (nSPS) is 10.9. The van der Waals surface area contributed by atoms with Crippen LogP contribution in [0.5, 0.6) is 0 Å². The summed E-state index contributed by atoms with van der Waals surface area (Å²) in [7, 11) is 1.90. The summed E-state index contributed by atoms with van der Waals surface area (Å²) in [6.07, 6.45) is 0. The van der Waals surface area contributed by atoms with Gasteiger partial charge in [0, 0.05) is 31.4 Å². The number of rotatable bonds is 6. The van der Waals surface area contributed by atoms with E-state index < -0.39 is 4.92 Å². The number of anilines is 1. The second-order valence-corrected chi connectivity index (χ2v) is 5.09. The first kappa shape index (κ1) is 16.6. The van der Waals surface area contributed by atoms with Gasteiger partial charge in [-0.1, -0.05) is 0 Å². The smallest absolute Gasteiger partial charge is 0.269 e. The maximum atomic E-state index is 10.7. The van der Waals surface area contributed by atoms with E-state index in [1.54, 1.807) is 13.0 Å². The molecule has 0 aliphatic rings. The van der Waals surface area contributed by atoms with Crippen LogP contribution in [0, 0.1) is 17.0 Å². The summed E-state index contributed by atoms with van der Waals surface area (Å²) in [6, 6.07) is 11.9. The molecule has 0 atom stereocenters. The number of non-ortho nitro benzene ring substituents is 1. The zero-order valence-corrected chi connectivity index (χ0v) is 13.0. The van der Waals surface area contributed by atoms with E-state index in [-0.39, 0.29) is 12.3 Å². The predicted molar refractivity (Wildman–Crippen MR) is 88.8 cm³/mol. The Hall–Kier alpha value is -2.80. The van der Waals surface area contributed by atoms with Crippen molar-refractivity contribution in [1.29, 1.82) is 0 Å². The fourth-order valence-corrected chi connectivity index (χ4v) is 2.03. The Morgan fingerprint density at radius 3 is 2.43 bits per heavy atom. The van der Waals surface area contributed by atoms with Crippen molar-refractivity contribution in [1.82, 2.24) is 0 Å². The highest BCUT2D eigenvalue weighted by molar-refractivity contribution is 5.54. The van der Waals surface area contributed by atoms with Crippen molar-refractivity contribution in [2.45, 2.75) is 6.92 Å². The molecule has 1 N–H and O–H groups in total. The van der Waals surface area contributed by atoms with Crippen LogP contribution in [0.25, 0.3) is 0 Å². The van der Waals surface area contributed by atoms with Crippen LogP contribution in [0.1, 0.15) is 5.56 Å². The molecule has 7 heteroatoms. The molecular weight excluding hydrogens is 296 g/mol. The molecule has 2 rings (SSSR count). The van der Waals surface area contributed by atoms with E-state index in [4.69, 9.17) is 5.11 Å². The molecule has 0 aliphatic heterocycles. The van der Waals surface area contributed by atoms with Crippen molar-refractivity contribution < 1.29 is 10.0 Å². The lowest BCUT2D eigenvalue weighted by molar-refractivity contribution is -0.384. The Kier molecular flexibility index (Phi) is 5.37. The first-order chi connectivity index (χ1) is 11.0. The highest BCUT2D eigenvalue weighted by Crippen LogP contribution is 2.26. The fourth-order valence-electron chi connectivity index (χ4n) is 2.03. The molecule has 0 fully saturated rings. The average molecular weight is 314 g/mol. The van der Waals surface area contributed by atoms with E-state index in [1.165, 1.54) is 12.1 Å². The molecule has 0 bridgehead atoms. The van der Waals surface area contributed by atoms with Gasteiger partial charge in [-0.25, -0.2) is 0 Å². The summed E-state index contributed by atoms with van der Waals surface area (Å²) >= 11 is 0. The molecule has 2 aromatic carbocycles. The third kappa shape index (κ3) is 4.33. The Balaban J connectivity index is 2.12. The third-order valence-corrected chi connectivity index (χ3v) is 3.39. The van der Waals surface area contributed by atoms with Crippen LogP contribution in [0.4, 0.5) is 22.7 Å². The topological polar surface area (TPSA) is 91.3 Å². The first-order valence-electron chi connectivity index (χ1n) is 7.10. The van der Waals surface area contributed by atoms with E-state index >= 15 is 0 Å². The molecule has 7 nitrogen and oxygen atoms in total. The second-order valence-electron chi connectivity index (χ2n) is 5.09. The average Bonchev–Trinajstić information content (AvgIpc) is 2.54. The molecule has 0 aliphatic carbocycles. The van der Waals surface area contributed by atoms with E-state index in [2.05, 4.69) is 10.2 Å². The molecule has 0 spiro atoms. The zero-order valence-electron chi connectivity index (χ0n) is 13.0. The van der Waals surface area contributed by atoms with Crippen molar-refractivity contribution in [3.05, 3.63) is 58.1 Å². The maximum absolute atomic E-state index is 10.7. The van der Waals surface area contributed by atoms with Crippen LogP contribution in [-0.4, -0.2) is 30.2 Å². The number of hydrogen-bond donors (Lipinski definition) is 1. The van der Waals surface area contributed by atoms with Gasteiger partial charge in [0.1, 0.15) is 0 Å². The van der Waals surface area contributed by atoms with Gasteiger partial charge in [-0.3, -0.25) is 10.1 Å². The van der Waals surface area contributed by atoms with E-state index in [1.807, 2.05) is 36.2 Å². The molecule has 23 heavy (non-hydrogen) atoms. The van der Waals surface area contributed by atoms with Crippen LogP contribution in [0.15, 0.2) is 52.7 Å². The van der Waals surface area contributed by atoms with Crippen LogP contribution in [0.2, 0.25) is 0 Å². The minimum atomic E-state index is -0.435. The molecule has 0 heterocycles. The summed E-state index contributed by atoms with van der Waals surface area (Å²) < 4.78 is 0. The highest BCUT2D eigenvalue weighted by Gasteiger charge is 2.07. The van der Waals surface area contributed by atoms with Crippen molar-refractivity contribution >= 4 is 22.7 Å². The van der Waals surface area contributed by atoms with Gasteiger partial charge >= 0.3 is 0 Å². The van der Waals surface area contributed by atoms with Crippen molar-refractivity contribution in [2.75, 3.05) is 25.1 Å². The molecule has 0 aromatic heterocycles. The van der Waals surface area contributed by atoms with Crippen molar-refractivity contribution in [2.24, 2.45) is 10.2 Å². The Bertz CT molecular complexity index is 714. The van der Waals surface area contributed by atoms with Gasteiger partial charge in [0.05, 0.1) is 22.9 Å². The van der Waals surface area contributed by atoms with Gasteiger partial charge < -0.3 is 10.0 Å². The van der Waals surface area contributed by atoms with Crippen LogP contribution in [0.3, 0.4) is 0 Å². The summed E-state index contributed by atoms with van der Waals surface area (Å²) in [5, 5.41) is 27.9. The van der Waals surface area contributed by atoms with Crippen LogP contribution < -0.4 is 4.90 Å². The zero-order chi connectivity index (χ0) is 16.8. The Labute approximate surface area is 134 Å². The number of azo groups is 1. The number of likely N-dealkylation sites (N-methyl/N-ethyl adjacent to an activating group) is 1. The SMILES string of the molecule is Cc1cc([N+](=O)[O-])ccc1N=Nc1ccc(N(C)CCO)cc1. The Morgan fingerprint density at radius 2 is 1.87 bits per heavy atom. The molecule has 0 saturated carbocycles. The third-order valence-electron chi connectivity index (χ3n) is 3.39. The standard InChI is InChI=1S/C16H18N4O3/c1-12-11-15(20(22)23)7-8-16(12)18-17-13-3-5-14(6-4-13)19(2)9-10-21/h3-8,11,21H,9-10H2,1-2H3. The number of nitro groups is 1. The van der Waals surface area contributed by atoms with Gasteiger partial charge in [-0.2, -0.15) is 10.2 Å². The van der Waals surface area contributed by atoms with E-state index in [0.717, 1.165) is 5.69 Å². The number of aryl methyl sites for hydroxylation is 1. The minimum absolute atomic E-state index is 0.0396. The monoisotopic (exact) mass is 314 g/mol. The summed E-state index contributed by atoms with van der Waals surface area (Å²) in [6.45, 7) is 2.41. The van der Waals surface area contributed by atoms with Crippen molar-refractivity contribution in [3.63, 3.8) is 0 Å². The number of aliphatic hydroxyl groups is 1. The molecule has 0 unspecified atom stereocenters. The summed E-state index contributed by atoms with van der Waals surface area (Å²) in [5.74, 6) is 0. The van der Waals surface area contributed by atoms with Crippen molar-refractivity contribution in [3.8, 4) is 0 Å². The quantitative estimate of drug-likeness (QED) is 0.499. The van der Waals surface area contributed by atoms with Gasteiger partial charge in [-0.15, -0.1) is 0 Å². The lowest BCUT2D eigenvalue weighted by atomic mass is 10.2. The summed E-state index contributed by atoms with van der Waals surface area (Å²) in [5.41, 5.74) is 2.99. The summed E-state index contributed by atoms with van der Waals surface area (Å²) in [4.78, 5) is 12.2. The molecule has 2 aromatic rings. The Morgan fingerprint density at radius 1 is 1.17 bits per heavy atom. The number of nitrogens with zero attached hydrogens (tertiary/aromatic N) is 4. The maximum Gasteiger partial charge on any atom is 0.269 e.